The van der Waals surface area contributed by atoms with Gasteiger partial charge in [0.05, 0.1) is 17.3 Å². The number of carbonyl (C=O) groups is 4. The molecular weight excluding hydrogens is 492 g/mol. The summed E-state index contributed by atoms with van der Waals surface area (Å²) in [5, 5.41) is 11.0. The number of aromatic nitrogens is 2. The topological polar surface area (TPSA) is 195 Å². The zero-order chi connectivity index (χ0) is 28.1. The highest BCUT2D eigenvalue weighted by atomic mass is 16.7. The standard InChI is InChI=1S/C25H30N8O5/c1-24(2,14-25(3,4)23(37)38-33-18(34)10-11-19(33)35)22(36)30-15-8-9-17(29-13-15)21(27)32-31-20(26)16-7-5-6-12-28-16/h5-9,12-13H,10-11,14H2,1-4H3,(H2,26,31)(H2,27,32)(H,30,36). The molecule has 0 spiro atoms. The fourth-order valence-electron chi connectivity index (χ4n) is 3.77. The van der Waals surface area contributed by atoms with Crippen molar-refractivity contribution in [3.05, 3.63) is 54.1 Å². The van der Waals surface area contributed by atoms with Gasteiger partial charge < -0.3 is 21.6 Å². The van der Waals surface area contributed by atoms with Crippen molar-refractivity contribution in [2.24, 2.45) is 32.5 Å². The summed E-state index contributed by atoms with van der Waals surface area (Å²) in [4.78, 5) is 62.6. The number of hydroxylamine groups is 2. The van der Waals surface area contributed by atoms with Crippen LogP contribution in [0.25, 0.3) is 0 Å². The normalized spacial score (nSPS) is 15.0. The second-order valence-corrected chi connectivity index (χ2v) is 9.98. The summed E-state index contributed by atoms with van der Waals surface area (Å²) >= 11 is 0. The Hall–Kier alpha value is -4.68. The van der Waals surface area contributed by atoms with Crippen LogP contribution in [0.1, 0.15) is 58.3 Å². The average molecular weight is 523 g/mol. The molecule has 3 rings (SSSR count). The highest BCUT2D eigenvalue weighted by molar-refractivity contribution is 6.02. The van der Waals surface area contributed by atoms with Gasteiger partial charge in [0.15, 0.2) is 11.7 Å². The third kappa shape index (κ3) is 6.75. The molecule has 1 aliphatic heterocycles. The zero-order valence-corrected chi connectivity index (χ0v) is 21.6. The van der Waals surface area contributed by atoms with Gasteiger partial charge in [0, 0.05) is 24.5 Å². The van der Waals surface area contributed by atoms with Crippen molar-refractivity contribution in [1.29, 1.82) is 0 Å². The molecule has 0 aromatic carbocycles. The van der Waals surface area contributed by atoms with Crippen LogP contribution in [0.15, 0.2) is 52.9 Å². The summed E-state index contributed by atoms with van der Waals surface area (Å²) in [6, 6.07) is 8.34. The lowest BCUT2D eigenvalue weighted by Gasteiger charge is -2.32. The zero-order valence-electron chi connectivity index (χ0n) is 21.6. The van der Waals surface area contributed by atoms with Gasteiger partial charge in [0.25, 0.3) is 11.8 Å². The highest BCUT2D eigenvalue weighted by Gasteiger charge is 2.43. The fourth-order valence-corrected chi connectivity index (χ4v) is 3.77. The van der Waals surface area contributed by atoms with Crippen LogP contribution < -0.4 is 16.8 Å². The molecule has 1 saturated heterocycles. The third-order valence-corrected chi connectivity index (χ3v) is 5.71. The van der Waals surface area contributed by atoms with E-state index in [1.807, 2.05) is 0 Å². The van der Waals surface area contributed by atoms with Crippen LogP contribution >= 0.6 is 0 Å². The number of imide groups is 1. The van der Waals surface area contributed by atoms with Crippen LogP contribution in [0.2, 0.25) is 0 Å². The molecule has 0 bridgehead atoms. The largest absolute Gasteiger partial charge is 0.380 e. The van der Waals surface area contributed by atoms with E-state index in [1.165, 1.54) is 6.20 Å². The maximum absolute atomic E-state index is 13.0. The maximum atomic E-state index is 13.0. The van der Waals surface area contributed by atoms with E-state index >= 15 is 0 Å². The Morgan fingerprint density at radius 2 is 1.55 bits per heavy atom. The van der Waals surface area contributed by atoms with Crippen molar-refractivity contribution < 1.29 is 24.0 Å². The number of nitrogens with two attached hydrogens (primary N) is 2. The summed E-state index contributed by atoms with van der Waals surface area (Å²) in [6.45, 7) is 6.49. The molecule has 5 N–H and O–H groups in total. The molecule has 1 aliphatic rings. The molecule has 3 heterocycles. The number of amides is 3. The van der Waals surface area contributed by atoms with Gasteiger partial charge in [-0.3, -0.25) is 24.4 Å². The van der Waals surface area contributed by atoms with Gasteiger partial charge in [0.2, 0.25) is 5.91 Å². The Balaban J connectivity index is 1.62. The summed E-state index contributed by atoms with van der Waals surface area (Å²) in [5.41, 5.74) is 10.8. The lowest BCUT2D eigenvalue weighted by molar-refractivity contribution is -0.205. The molecule has 1 fully saturated rings. The number of amidine groups is 2. The molecule has 0 unspecified atom stereocenters. The lowest BCUT2D eigenvalue weighted by Crippen LogP contribution is -2.42. The molecule has 0 aliphatic carbocycles. The second kappa shape index (κ2) is 11.2. The first-order valence-electron chi connectivity index (χ1n) is 11.7. The van der Waals surface area contributed by atoms with E-state index in [2.05, 4.69) is 25.5 Å². The number of carbonyl (C=O) groups excluding carboxylic acids is 4. The van der Waals surface area contributed by atoms with Crippen molar-refractivity contribution >= 4 is 41.0 Å². The van der Waals surface area contributed by atoms with Crippen LogP contribution in [0.3, 0.4) is 0 Å². The van der Waals surface area contributed by atoms with E-state index in [0.29, 0.717) is 22.1 Å². The van der Waals surface area contributed by atoms with Gasteiger partial charge in [-0.1, -0.05) is 19.9 Å². The second-order valence-electron chi connectivity index (χ2n) is 9.98. The predicted molar refractivity (Wildman–Crippen MR) is 138 cm³/mol. The van der Waals surface area contributed by atoms with E-state index < -0.39 is 28.6 Å². The minimum absolute atomic E-state index is 0.00277. The van der Waals surface area contributed by atoms with Crippen molar-refractivity contribution in [2.75, 3.05) is 5.32 Å². The Morgan fingerprint density at radius 1 is 0.947 bits per heavy atom. The molecule has 0 atom stereocenters. The van der Waals surface area contributed by atoms with Crippen molar-refractivity contribution in [2.45, 2.75) is 47.0 Å². The molecule has 0 saturated carbocycles. The van der Waals surface area contributed by atoms with Gasteiger partial charge in [-0.15, -0.1) is 15.3 Å². The Kier molecular flexibility index (Phi) is 8.19. The van der Waals surface area contributed by atoms with Crippen LogP contribution in [0.4, 0.5) is 5.69 Å². The van der Waals surface area contributed by atoms with Gasteiger partial charge >= 0.3 is 5.97 Å². The summed E-state index contributed by atoms with van der Waals surface area (Å²) in [5.74, 6) is -2.20. The smallest absolute Gasteiger partial charge is 0.338 e. The molecule has 0 radical (unpaired) electrons. The number of hydrogen-bond donors (Lipinski definition) is 3. The van der Waals surface area contributed by atoms with Crippen LogP contribution in [0, 0.1) is 10.8 Å². The molecule has 2 aromatic rings. The number of pyridine rings is 2. The SMILES string of the molecule is CC(C)(CC(C)(C)C(=O)ON1C(=O)CCC1=O)C(=O)Nc1ccc(/C(N)=N/N=C(\N)c2ccccn2)nc1. The summed E-state index contributed by atoms with van der Waals surface area (Å²) < 4.78 is 0. The molecule has 3 amide bonds. The quantitative estimate of drug-likeness (QED) is 0.189. The van der Waals surface area contributed by atoms with Gasteiger partial charge in [-0.25, -0.2) is 4.79 Å². The van der Waals surface area contributed by atoms with Crippen LogP contribution in [0.5, 0.6) is 0 Å². The Morgan fingerprint density at radius 3 is 2.08 bits per heavy atom. The Labute approximate surface area is 219 Å². The fraction of sp³-hybridized carbons (Fsp3) is 0.360. The van der Waals surface area contributed by atoms with E-state index in [9.17, 15) is 19.2 Å². The first-order valence-corrected chi connectivity index (χ1v) is 11.7. The molecule has 13 heteroatoms. The van der Waals surface area contributed by atoms with Crippen molar-refractivity contribution in [3.8, 4) is 0 Å². The average Bonchev–Trinajstić information content (AvgIpc) is 3.19. The molecule has 2 aromatic heterocycles. The number of rotatable bonds is 9. The molecular formula is C25H30N8O5. The monoisotopic (exact) mass is 522 g/mol. The van der Waals surface area contributed by atoms with E-state index in [0.717, 1.165) is 0 Å². The minimum Gasteiger partial charge on any atom is -0.380 e. The van der Waals surface area contributed by atoms with Crippen molar-refractivity contribution in [3.63, 3.8) is 0 Å². The first kappa shape index (κ1) is 27.9. The lowest BCUT2D eigenvalue weighted by atomic mass is 9.74. The number of hydrogen-bond acceptors (Lipinski definition) is 9. The molecule has 38 heavy (non-hydrogen) atoms. The number of nitrogens with zero attached hydrogens (tertiary/aromatic N) is 5. The van der Waals surface area contributed by atoms with E-state index in [4.69, 9.17) is 16.3 Å². The minimum atomic E-state index is -1.17. The maximum Gasteiger partial charge on any atom is 0.338 e. The third-order valence-electron chi connectivity index (χ3n) is 5.71. The summed E-state index contributed by atoms with van der Waals surface area (Å²) in [7, 11) is 0. The van der Waals surface area contributed by atoms with Crippen LogP contribution in [-0.2, 0) is 24.0 Å². The first-order chi connectivity index (χ1) is 17.8. The molecule has 13 nitrogen and oxygen atoms in total. The highest BCUT2D eigenvalue weighted by Crippen LogP contribution is 2.36. The van der Waals surface area contributed by atoms with E-state index in [-0.39, 0.29) is 36.8 Å². The predicted octanol–water partition coefficient (Wildman–Crippen LogP) is 1.49. The summed E-state index contributed by atoms with van der Waals surface area (Å²) in [6.07, 6.45) is 3.05. The Bertz CT molecular complexity index is 1270. The molecule has 200 valence electrons. The van der Waals surface area contributed by atoms with E-state index in [1.54, 1.807) is 64.2 Å². The number of nitrogens with one attached hydrogen (secondary N) is 1. The number of anilines is 1. The van der Waals surface area contributed by atoms with Gasteiger partial charge in [-0.2, -0.15) is 0 Å². The van der Waals surface area contributed by atoms with Gasteiger partial charge in [0.1, 0.15) is 11.4 Å². The van der Waals surface area contributed by atoms with Gasteiger partial charge in [-0.05, 0) is 44.5 Å². The van der Waals surface area contributed by atoms with Crippen LogP contribution in [-0.4, -0.2) is 50.4 Å². The van der Waals surface area contributed by atoms with Crippen molar-refractivity contribution in [1.82, 2.24) is 15.0 Å².